The minimum Gasteiger partial charge on any atom is -0.315 e. The van der Waals surface area contributed by atoms with Gasteiger partial charge in [0.05, 0.1) is 5.52 Å². The molecule has 0 radical (unpaired) electrons. The molecule has 1 aromatic heterocycles. The van der Waals surface area contributed by atoms with Crippen molar-refractivity contribution in [3.8, 4) is 11.5 Å². The Balaban J connectivity index is 1.81. The number of nitrogens with zero attached hydrogens (tertiary/aromatic N) is 2. The number of nitrogens with one attached hydrogen (secondary N) is 1. The molecule has 0 saturated carbocycles. The van der Waals surface area contributed by atoms with Gasteiger partial charge in [-0.15, -0.1) is 5.54 Å². The maximum atomic E-state index is 13.8. The van der Waals surface area contributed by atoms with Crippen LogP contribution in [0.5, 0.6) is 0 Å². The summed E-state index contributed by atoms with van der Waals surface area (Å²) >= 11 is 6.83. The van der Waals surface area contributed by atoms with Gasteiger partial charge in [0, 0.05) is 34.3 Å². The largest absolute Gasteiger partial charge is 0.328 e. The third-order valence-corrected chi connectivity index (χ3v) is 15.0. The van der Waals surface area contributed by atoms with Crippen LogP contribution >= 0.6 is 11.6 Å². The van der Waals surface area contributed by atoms with E-state index >= 15 is 0 Å². The van der Waals surface area contributed by atoms with Gasteiger partial charge >= 0.3 is 6.03 Å². The summed E-state index contributed by atoms with van der Waals surface area (Å²) in [6.07, 6.45) is 0. The molecule has 0 aliphatic carbocycles. The molecule has 3 heterocycles. The fraction of sp³-hybridized carbons (Fsp3) is 0.379. The second-order valence-electron chi connectivity index (χ2n) is 10.9. The number of aromatic nitrogens is 1. The number of para-hydroxylation sites is 1. The van der Waals surface area contributed by atoms with Gasteiger partial charge < -0.3 is 10.2 Å². The second-order valence-corrected chi connectivity index (χ2v) is 16.9. The number of carbonyl (C=O) groups excluding carboxylic acids is 2. The summed E-state index contributed by atoms with van der Waals surface area (Å²) < 4.78 is 1.61. The standard InChI is InChI=1S/C29H32ClN3O2Si/c1-17(2)36(18(3)4,19(5)6)15-14-21-16-20-12-13-23(30)25-26(20)33(21)28(35)31-29(25)22-10-8-9-11-24(22)32(7)27(29)34/h8-13,16-19H,1-7H3,(H,31,35). The number of fused-ring (bicyclic) bond motifs is 3. The number of hydrogen-bond acceptors (Lipinski definition) is 2. The van der Waals surface area contributed by atoms with Crippen molar-refractivity contribution in [2.45, 2.75) is 63.7 Å². The number of carbonyl (C=O) groups is 2. The molecule has 1 atom stereocenters. The summed E-state index contributed by atoms with van der Waals surface area (Å²) in [6.45, 7) is 13.6. The average molecular weight is 518 g/mol. The van der Waals surface area contributed by atoms with Crippen molar-refractivity contribution >= 4 is 48.2 Å². The maximum Gasteiger partial charge on any atom is 0.328 e. The van der Waals surface area contributed by atoms with Crippen LogP contribution in [0.2, 0.25) is 21.6 Å². The Labute approximate surface area is 218 Å². The number of hydrogen-bond donors (Lipinski definition) is 1. The molecule has 36 heavy (non-hydrogen) atoms. The number of amides is 2. The molecule has 1 spiro atoms. The zero-order valence-electron chi connectivity index (χ0n) is 21.9. The Bertz CT molecular complexity index is 1470. The zero-order valence-corrected chi connectivity index (χ0v) is 23.6. The molecule has 0 saturated heterocycles. The van der Waals surface area contributed by atoms with Crippen LogP contribution in [-0.2, 0) is 10.3 Å². The monoisotopic (exact) mass is 517 g/mol. The van der Waals surface area contributed by atoms with E-state index in [1.54, 1.807) is 16.5 Å². The van der Waals surface area contributed by atoms with Gasteiger partial charge in [0.1, 0.15) is 13.8 Å². The van der Waals surface area contributed by atoms with Crippen LogP contribution < -0.4 is 10.2 Å². The van der Waals surface area contributed by atoms with Crippen molar-refractivity contribution < 1.29 is 9.59 Å². The number of anilines is 1. The molecule has 2 aliphatic rings. The van der Waals surface area contributed by atoms with Gasteiger partial charge in [-0.3, -0.25) is 9.36 Å². The highest BCUT2D eigenvalue weighted by Gasteiger charge is 2.56. The van der Waals surface area contributed by atoms with E-state index in [4.69, 9.17) is 11.6 Å². The summed E-state index contributed by atoms with van der Waals surface area (Å²) in [4.78, 5) is 29.2. The first-order valence-electron chi connectivity index (χ1n) is 12.6. The Kier molecular flexibility index (Phi) is 5.66. The van der Waals surface area contributed by atoms with E-state index in [1.807, 2.05) is 42.5 Å². The summed E-state index contributed by atoms with van der Waals surface area (Å²) in [5, 5.41) is 4.35. The topological polar surface area (TPSA) is 54.3 Å². The fourth-order valence-electron chi connectivity index (χ4n) is 6.74. The Morgan fingerprint density at radius 3 is 2.25 bits per heavy atom. The van der Waals surface area contributed by atoms with Crippen LogP contribution in [0.25, 0.3) is 10.9 Å². The Morgan fingerprint density at radius 1 is 0.972 bits per heavy atom. The summed E-state index contributed by atoms with van der Waals surface area (Å²) in [5.74, 6) is 3.22. The first kappa shape index (κ1) is 24.7. The van der Waals surface area contributed by atoms with Gasteiger partial charge in [0.25, 0.3) is 5.91 Å². The highest BCUT2D eigenvalue weighted by molar-refractivity contribution is 6.90. The molecule has 186 valence electrons. The van der Waals surface area contributed by atoms with Crippen LogP contribution in [0, 0.1) is 11.5 Å². The molecule has 0 fully saturated rings. The minimum atomic E-state index is -2.02. The third-order valence-electron chi connectivity index (χ3n) is 8.36. The first-order chi connectivity index (χ1) is 17.0. The first-order valence-corrected chi connectivity index (χ1v) is 15.2. The third kappa shape index (κ3) is 3.02. The predicted molar refractivity (Wildman–Crippen MR) is 149 cm³/mol. The van der Waals surface area contributed by atoms with Crippen LogP contribution in [0.4, 0.5) is 10.5 Å². The van der Waals surface area contributed by atoms with Gasteiger partial charge in [-0.2, -0.15) is 0 Å². The SMILES string of the molecule is CC(C)[Si](C#Cc1cc2ccc(Cl)c3c2n1C(=O)NC31C(=O)N(C)c2ccccc21)(C(C)C)C(C)C. The number of rotatable bonds is 3. The van der Waals surface area contributed by atoms with Gasteiger partial charge in [-0.25, -0.2) is 4.79 Å². The van der Waals surface area contributed by atoms with E-state index in [2.05, 4.69) is 58.3 Å². The van der Waals surface area contributed by atoms with Crippen molar-refractivity contribution in [2.75, 3.05) is 11.9 Å². The molecular formula is C29H32ClN3O2Si. The van der Waals surface area contributed by atoms with Crippen LogP contribution in [0.1, 0.15) is 58.4 Å². The average Bonchev–Trinajstić information content (AvgIpc) is 3.29. The lowest BCUT2D eigenvalue weighted by Gasteiger charge is -2.38. The van der Waals surface area contributed by atoms with Gasteiger partial charge in [0.15, 0.2) is 5.54 Å². The van der Waals surface area contributed by atoms with Crippen LogP contribution in [0.15, 0.2) is 42.5 Å². The maximum absolute atomic E-state index is 13.8. The molecule has 7 heteroatoms. The molecule has 2 aromatic carbocycles. The molecule has 1 N–H and O–H groups in total. The normalized spacial score (nSPS) is 18.9. The van der Waals surface area contributed by atoms with Crippen LogP contribution in [-0.4, -0.2) is 31.6 Å². The lowest BCUT2D eigenvalue weighted by atomic mass is 9.81. The highest BCUT2D eigenvalue weighted by atomic mass is 35.5. The lowest BCUT2D eigenvalue weighted by molar-refractivity contribution is -0.122. The van der Waals surface area contributed by atoms with Crippen molar-refractivity contribution in [1.82, 2.24) is 9.88 Å². The summed E-state index contributed by atoms with van der Waals surface area (Å²) in [7, 11) is -0.285. The zero-order chi connectivity index (χ0) is 26.2. The van der Waals surface area contributed by atoms with Crippen molar-refractivity contribution in [3.63, 3.8) is 0 Å². The lowest BCUT2D eigenvalue weighted by Crippen LogP contribution is -2.57. The van der Waals surface area contributed by atoms with E-state index in [9.17, 15) is 9.59 Å². The number of halogens is 1. The molecule has 1 unspecified atom stereocenters. The van der Waals surface area contributed by atoms with E-state index in [0.717, 1.165) is 16.6 Å². The van der Waals surface area contributed by atoms with E-state index in [0.29, 0.717) is 38.4 Å². The van der Waals surface area contributed by atoms with Crippen molar-refractivity contribution in [3.05, 3.63) is 64.3 Å². The predicted octanol–water partition coefficient (Wildman–Crippen LogP) is 6.66. The Hall–Kier alpha value is -3.01. The number of likely N-dealkylation sites (N-methyl/N-ethyl adjacent to an activating group) is 1. The molecule has 0 bridgehead atoms. The van der Waals surface area contributed by atoms with Crippen molar-refractivity contribution in [2.24, 2.45) is 0 Å². The molecule has 2 aliphatic heterocycles. The quantitative estimate of drug-likeness (QED) is 0.312. The van der Waals surface area contributed by atoms with Crippen LogP contribution in [0.3, 0.4) is 0 Å². The summed E-state index contributed by atoms with van der Waals surface area (Å²) in [5.41, 5.74) is 7.16. The molecule has 5 nitrogen and oxygen atoms in total. The molecule has 3 aromatic rings. The summed E-state index contributed by atoms with van der Waals surface area (Å²) in [6, 6.07) is 12.8. The minimum absolute atomic E-state index is 0.225. The number of benzene rings is 2. The fourth-order valence-corrected chi connectivity index (χ4v) is 12.2. The van der Waals surface area contributed by atoms with E-state index < -0.39 is 13.6 Å². The van der Waals surface area contributed by atoms with E-state index in [-0.39, 0.29) is 11.9 Å². The second kappa shape index (κ2) is 8.26. The van der Waals surface area contributed by atoms with Gasteiger partial charge in [-0.1, -0.05) is 83.3 Å². The Morgan fingerprint density at radius 2 is 1.61 bits per heavy atom. The van der Waals surface area contributed by atoms with Gasteiger partial charge in [0.2, 0.25) is 0 Å². The molecule has 5 rings (SSSR count). The van der Waals surface area contributed by atoms with E-state index in [1.165, 1.54) is 0 Å². The smallest absolute Gasteiger partial charge is 0.315 e. The molecule has 2 amide bonds. The molecular weight excluding hydrogens is 486 g/mol. The highest BCUT2D eigenvalue weighted by Crippen LogP contribution is 2.50. The van der Waals surface area contributed by atoms with Gasteiger partial charge in [-0.05, 0) is 34.8 Å². The van der Waals surface area contributed by atoms with Crippen molar-refractivity contribution in [1.29, 1.82) is 0 Å².